The minimum atomic E-state index is -5.08. The molecule has 0 aromatic carbocycles. The molecule has 172 valence electrons. The van der Waals surface area contributed by atoms with Crippen molar-refractivity contribution in [2.24, 2.45) is 5.41 Å². The van der Waals surface area contributed by atoms with Crippen molar-refractivity contribution in [3.05, 3.63) is 30.6 Å². The van der Waals surface area contributed by atoms with Crippen LogP contribution in [0.15, 0.2) is 25.0 Å². The van der Waals surface area contributed by atoms with Gasteiger partial charge in [-0.3, -0.25) is 9.69 Å². The highest BCUT2D eigenvalue weighted by Crippen LogP contribution is 2.36. The number of carboxylic acids is 2. The van der Waals surface area contributed by atoms with Gasteiger partial charge in [-0.1, -0.05) is 6.08 Å². The third-order valence-electron chi connectivity index (χ3n) is 5.53. The molecule has 1 aromatic heterocycles. The topological polar surface area (TPSA) is 107 Å². The Morgan fingerprint density at radius 1 is 1.10 bits per heavy atom. The molecule has 2 saturated heterocycles. The highest BCUT2D eigenvalue weighted by atomic mass is 19.4. The molecule has 0 bridgehead atoms. The van der Waals surface area contributed by atoms with Crippen LogP contribution in [0.25, 0.3) is 0 Å². The third kappa shape index (κ3) is 6.91. The quantitative estimate of drug-likeness (QED) is 0.645. The van der Waals surface area contributed by atoms with Gasteiger partial charge in [-0.15, -0.1) is 6.58 Å². The lowest BCUT2D eigenvalue weighted by atomic mass is 9.75. The second-order valence-corrected chi connectivity index (χ2v) is 7.74. The number of anilines is 1. The van der Waals surface area contributed by atoms with Crippen LogP contribution in [-0.4, -0.2) is 69.4 Å². The van der Waals surface area contributed by atoms with Gasteiger partial charge in [-0.25, -0.2) is 14.8 Å². The predicted molar refractivity (Wildman–Crippen MR) is 107 cm³/mol. The Labute approximate surface area is 178 Å². The van der Waals surface area contributed by atoms with E-state index in [1.54, 1.807) is 6.08 Å². The normalized spacial score (nSPS) is 18.7. The Morgan fingerprint density at radius 3 is 2.03 bits per heavy atom. The fraction of sp³-hybridized carbons (Fsp3) is 0.600. The van der Waals surface area contributed by atoms with Gasteiger partial charge in [0.1, 0.15) is 0 Å². The van der Waals surface area contributed by atoms with Crippen molar-refractivity contribution in [1.29, 1.82) is 0 Å². The summed E-state index contributed by atoms with van der Waals surface area (Å²) in [6.07, 6.45) is 4.78. The second-order valence-electron chi connectivity index (χ2n) is 7.74. The highest BCUT2D eigenvalue weighted by Gasteiger charge is 2.40. The van der Waals surface area contributed by atoms with E-state index in [2.05, 4.69) is 26.3 Å². The molecule has 1 aromatic rings. The van der Waals surface area contributed by atoms with E-state index >= 15 is 0 Å². The number of halogens is 3. The summed E-state index contributed by atoms with van der Waals surface area (Å²) in [6, 6.07) is 0. The maximum Gasteiger partial charge on any atom is 0.490 e. The van der Waals surface area contributed by atoms with E-state index in [-0.39, 0.29) is 0 Å². The zero-order chi connectivity index (χ0) is 23.1. The van der Waals surface area contributed by atoms with Gasteiger partial charge in [0.2, 0.25) is 5.95 Å². The number of allylic oxidation sites excluding steroid dienone is 1. The largest absolute Gasteiger partial charge is 0.490 e. The van der Waals surface area contributed by atoms with Gasteiger partial charge in [0.15, 0.2) is 0 Å². The average Bonchev–Trinajstić information content (AvgIpc) is 3.25. The molecule has 2 aliphatic heterocycles. The summed E-state index contributed by atoms with van der Waals surface area (Å²) in [5.41, 5.74) is 0.457. The molecule has 0 aliphatic carbocycles. The molecule has 0 radical (unpaired) electrons. The highest BCUT2D eigenvalue weighted by molar-refractivity contribution is 5.75. The van der Waals surface area contributed by atoms with E-state index in [0.29, 0.717) is 19.3 Å². The molecule has 8 nitrogen and oxygen atoms in total. The number of alkyl halides is 3. The summed E-state index contributed by atoms with van der Waals surface area (Å²) in [6.45, 7) is 8.16. The lowest BCUT2D eigenvalue weighted by Crippen LogP contribution is -2.43. The first kappa shape index (κ1) is 24.6. The van der Waals surface area contributed by atoms with Crippen molar-refractivity contribution in [2.75, 3.05) is 31.1 Å². The molecule has 0 unspecified atom stereocenters. The summed E-state index contributed by atoms with van der Waals surface area (Å²) in [5.74, 6) is -2.63. The van der Waals surface area contributed by atoms with Crippen LogP contribution in [0.3, 0.4) is 0 Å². The van der Waals surface area contributed by atoms with Crippen LogP contribution in [0, 0.1) is 5.41 Å². The van der Waals surface area contributed by atoms with Gasteiger partial charge >= 0.3 is 18.1 Å². The number of carboxylic acid groups (broad SMARTS) is 2. The van der Waals surface area contributed by atoms with Crippen LogP contribution in [-0.2, 0) is 16.1 Å². The number of piperidine rings is 1. The molecule has 2 fully saturated rings. The molecule has 11 heteroatoms. The SMILES string of the molecule is C=CCC1(C(=O)O)CCN(Cc2cnc(N3CCCC3)nc2)CC1.O=C(O)C(F)(F)F. The number of aromatic nitrogens is 2. The van der Waals surface area contributed by atoms with Crippen molar-refractivity contribution in [1.82, 2.24) is 14.9 Å². The number of aliphatic carboxylic acids is 2. The first-order valence-electron chi connectivity index (χ1n) is 10.00. The van der Waals surface area contributed by atoms with Crippen LogP contribution in [0.5, 0.6) is 0 Å². The number of nitrogens with zero attached hydrogens (tertiary/aromatic N) is 4. The van der Waals surface area contributed by atoms with Crippen molar-refractivity contribution in [2.45, 2.75) is 44.8 Å². The standard InChI is InChI=1S/C18H26N4O2.C2HF3O2/c1-2-5-18(16(23)24)6-10-21(11-7-18)14-15-12-19-17(20-13-15)22-8-3-4-9-22;3-2(4,5)1(6)7/h2,12-13H,1,3-11,14H2,(H,23,24);(H,6,7). The maximum atomic E-state index is 11.6. The fourth-order valence-electron chi connectivity index (χ4n) is 3.69. The summed E-state index contributed by atoms with van der Waals surface area (Å²) >= 11 is 0. The van der Waals surface area contributed by atoms with E-state index in [0.717, 1.165) is 44.2 Å². The molecule has 2 N–H and O–H groups in total. The number of hydrogen-bond donors (Lipinski definition) is 2. The average molecular weight is 444 g/mol. The molecule has 0 saturated carbocycles. The van der Waals surface area contributed by atoms with Gasteiger partial charge in [0.05, 0.1) is 5.41 Å². The zero-order valence-corrected chi connectivity index (χ0v) is 17.1. The number of carbonyl (C=O) groups is 2. The van der Waals surface area contributed by atoms with Gasteiger partial charge < -0.3 is 15.1 Å². The number of rotatable bonds is 6. The number of hydrogen-bond acceptors (Lipinski definition) is 6. The Bertz CT molecular complexity index is 757. The molecule has 0 atom stereocenters. The molecule has 2 aliphatic rings. The molecule has 0 spiro atoms. The number of likely N-dealkylation sites (tertiary alicyclic amines) is 1. The Hall–Kier alpha value is -2.69. The van der Waals surface area contributed by atoms with Gasteiger partial charge in [0, 0.05) is 37.6 Å². The monoisotopic (exact) mass is 444 g/mol. The first-order chi connectivity index (χ1) is 14.6. The van der Waals surface area contributed by atoms with E-state index < -0.39 is 23.5 Å². The van der Waals surface area contributed by atoms with Crippen molar-refractivity contribution >= 4 is 17.9 Å². The van der Waals surface area contributed by atoms with Crippen LogP contribution < -0.4 is 4.90 Å². The molecule has 31 heavy (non-hydrogen) atoms. The smallest absolute Gasteiger partial charge is 0.481 e. The fourth-order valence-corrected chi connectivity index (χ4v) is 3.69. The second kappa shape index (κ2) is 10.6. The van der Waals surface area contributed by atoms with Crippen LogP contribution in [0.4, 0.5) is 19.1 Å². The summed E-state index contributed by atoms with van der Waals surface area (Å²) in [5, 5.41) is 16.7. The Balaban J connectivity index is 0.000000423. The predicted octanol–water partition coefficient (Wildman–Crippen LogP) is 2.95. The van der Waals surface area contributed by atoms with E-state index in [1.807, 2.05) is 12.4 Å². The summed E-state index contributed by atoms with van der Waals surface area (Å²) in [7, 11) is 0. The minimum Gasteiger partial charge on any atom is -0.481 e. The van der Waals surface area contributed by atoms with Gasteiger partial charge in [-0.05, 0) is 45.2 Å². The van der Waals surface area contributed by atoms with E-state index in [1.165, 1.54) is 12.8 Å². The summed E-state index contributed by atoms with van der Waals surface area (Å²) < 4.78 is 31.7. The van der Waals surface area contributed by atoms with Crippen LogP contribution >= 0.6 is 0 Å². The lowest BCUT2D eigenvalue weighted by Gasteiger charge is -2.38. The molecular weight excluding hydrogens is 417 g/mol. The lowest BCUT2D eigenvalue weighted by molar-refractivity contribution is -0.192. The van der Waals surface area contributed by atoms with E-state index in [9.17, 15) is 23.1 Å². The third-order valence-corrected chi connectivity index (χ3v) is 5.53. The zero-order valence-electron chi connectivity index (χ0n) is 17.1. The summed E-state index contributed by atoms with van der Waals surface area (Å²) in [4.78, 5) is 34.0. The van der Waals surface area contributed by atoms with Crippen LogP contribution in [0.1, 0.15) is 37.7 Å². The molecule has 0 amide bonds. The van der Waals surface area contributed by atoms with Crippen molar-refractivity contribution in [3.63, 3.8) is 0 Å². The van der Waals surface area contributed by atoms with Gasteiger partial charge in [0.25, 0.3) is 0 Å². The maximum absolute atomic E-state index is 11.6. The Morgan fingerprint density at radius 2 is 1.61 bits per heavy atom. The Kier molecular flexibility index (Phi) is 8.37. The van der Waals surface area contributed by atoms with E-state index in [4.69, 9.17) is 9.90 Å². The minimum absolute atomic E-state index is 0.545. The van der Waals surface area contributed by atoms with Gasteiger partial charge in [-0.2, -0.15) is 13.2 Å². The van der Waals surface area contributed by atoms with Crippen molar-refractivity contribution in [3.8, 4) is 0 Å². The molecular formula is C20H27F3N4O4. The first-order valence-corrected chi connectivity index (χ1v) is 10.00. The van der Waals surface area contributed by atoms with Crippen LogP contribution in [0.2, 0.25) is 0 Å². The van der Waals surface area contributed by atoms with Crippen molar-refractivity contribution < 1.29 is 33.0 Å². The molecule has 3 heterocycles. The molecule has 3 rings (SSSR count).